The minimum absolute atomic E-state index is 0. The van der Waals surface area contributed by atoms with Crippen LogP contribution in [0.3, 0.4) is 0 Å². The van der Waals surface area contributed by atoms with Crippen LogP contribution in [0.5, 0.6) is 0 Å². The second-order valence-electron chi connectivity index (χ2n) is 5.29. The summed E-state index contributed by atoms with van der Waals surface area (Å²) in [6.45, 7) is 4.34. The predicted octanol–water partition coefficient (Wildman–Crippen LogP) is 6.22. The summed E-state index contributed by atoms with van der Waals surface area (Å²) in [5.41, 5.74) is 3.94. The molecule has 0 N–H and O–H groups in total. The molecule has 0 saturated heterocycles. The Morgan fingerprint density at radius 3 is 1.96 bits per heavy atom. The van der Waals surface area contributed by atoms with Crippen molar-refractivity contribution < 1.29 is 26.2 Å². The Bertz CT molecular complexity index is 755. The van der Waals surface area contributed by atoms with Crippen molar-refractivity contribution in [1.29, 1.82) is 0 Å². The van der Waals surface area contributed by atoms with Crippen molar-refractivity contribution >= 4 is 22.4 Å². The third kappa shape index (κ3) is 5.06. The van der Waals surface area contributed by atoms with Crippen LogP contribution in [0.2, 0.25) is 0 Å². The number of nitrogens with zero attached hydrogens (tertiary/aromatic N) is 1. The Morgan fingerprint density at radius 1 is 0.875 bits per heavy atom. The average molecular weight is 415 g/mol. The van der Waals surface area contributed by atoms with Crippen molar-refractivity contribution in [3.63, 3.8) is 0 Å². The van der Waals surface area contributed by atoms with Gasteiger partial charge in [0, 0.05) is 18.8 Å². The van der Waals surface area contributed by atoms with E-state index in [1.165, 1.54) is 34.0 Å². The molecule has 0 saturated carbocycles. The first-order valence-electron chi connectivity index (χ1n) is 7.60. The molecule has 122 valence electrons. The number of aryl methyl sites for hydroxylation is 2. The van der Waals surface area contributed by atoms with Gasteiger partial charge in [0.05, 0.1) is 0 Å². The Labute approximate surface area is 168 Å². The van der Waals surface area contributed by atoms with E-state index < -0.39 is 0 Å². The number of fused-ring (bicyclic) bond motifs is 1. The first kappa shape index (κ1) is 20.7. The standard InChI is InChI=1S/C15H14N.C5H5.CH3Cl.Zr/c1-11-5-6-12(2)15-10-13(9-14(11)15)16-7-3-4-8-16;1-2-4-5-3-1;1-2;/h3-10H,1-2H3;1-5H;1H3;/q2*-1;;+2. The number of alkyl halides is 1. The minimum Gasteiger partial charge on any atom is -0.342 e. The third-order valence-electron chi connectivity index (χ3n) is 3.77. The molecule has 0 bridgehead atoms. The fourth-order valence-corrected chi connectivity index (χ4v) is 2.55. The zero-order valence-corrected chi connectivity index (χ0v) is 17.5. The predicted molar refractivity (Wildman–Crippen MR) is 102 cm³/mol. The maximum atomic E-state index is 4.64. The van der Waals surface area contributed by atoms with Gasteiger partial charge in [-0.05, 0) is 24.7 Å². The SMILES string of the molecule is CCl.Cc1ccc(C)c2[cH-]c(-n3cccc3)cc12.[Zr+2].c1cc[cH-]c1. The zero-order valence-electron chi connectivity index (χ0n) is 14.3. The Hall–Kier alpha value is -1.37. The van der Waals surface area contributed by atoms with Crippen molar-refractivity contribution in [2.45, 2.75) is 13.8 Å². The van der Waals surface area contributed by atoms with Crippen molar-refractivity contribution in [2.24, 2.45) is 0 Å². The summed E-state index contributed by atoms with van der Waals surface area (Å²) in [5, 5.41) is 2.73. The molecule has 1 aromatic heterocycles. The number of hydrogen-bond acceptors (Lipinski definition) is 0. The van der Waals surface area contributed by atoms with E-state index in [0.717, 1.165) is 0 Å². The number of rotatable bonds is 1. The fraction of sp³-hybridized carbons (Fsp3) is 0.143. The van der Waals surface area contributed by atoms with Crippen LogP contribution < -0.4 is 0 Å². The molecule has 1 heterocycles. The largest absolute Gasteiger partial charge is 2.00 e. The van der Waals surface area contributed by atoms with Gasteiger partial charge in [0.25, 0.3) is 0 Å². The van der Waals surface area contributed by atoms with Crippen molar-refractivity contribution in [2.75, 3.05) is 6.38 Å². The van der Waals surface area contributed by atoms with Gasteiger partial charge in [-0.3, -0.25) is 0 Å². The molecule has 24 heavy (non-hydrogen) atoms. The maximum absolute atomic E-state index is 4.64. The van der Waals surface area contributed by atoms with Crippen LogP contribution in [0.15, 0.2) is 79.1 Å². The average Bonchev–Trinajstić information content (AvgIpc) is 3.35. The van der Waals surface area contributed by atoms with E-state index >= 15 is 0 Å². The molecule has 1 nitrogen and oxygen atoms in total. The zero-order chi connectivity index (χ0) is 16.7. The summed E-state index contributed by atoms with van der Waals surface area (Å²) in [5.74, 6) is 0. The van der Waals surface area contributed by atoms with E-state index in [0.29, 0.717) is 0 Å². The smallest absolute Gasteiger partial charge is 0.342 e. The number of halogens is 1. The van der Waals surface area contributed by atoms with Gasteiger partial charge in [-0.25, -0.2) is 12.1 Å². The van der Waals surface area contributed by atoms with E-state index in [2.05, 4.69) is 78.8 Å². The van der Waals surface area contributed by atoms with Gasteiger partial charge in [-0.2, -0.15) is 18.2 Å². The Balaban J connectivity index is 0.000000307. The second kappa shape index (κ2) is 10.5. The van der Waals surface area contributed by atoms with Gasteiger partial charge in [0.15, 0.2) is 0 Å². The van der Waals surface area contributed by atoms with Gasteiger partial charge in [0.2, 0.25) is 0 Å². The third-order valence-corrected chi connectivity index (χ3v) is 3.77. The van der Waals surface area contributed by atoms with Crippen LogP contribution in [0.25, 0.3) is 16.5 Å². The van der Waals surface area contributed by atoms with Gasteiger partial charge in [0.1, 0.15) is 0 Å². The fourth-order valence-electron chi connectivity index (χ4n) is 2.55. The molecule has 0 spiro atoms. The van der Waals surface area contributed by atoms with E-state index in [1.807, 2.05) is 30.3 Å². The van der Waals surface area contributed by atoms with Crippen LogP contribution >= 0.6 is 11.6 Å². The molecule has 4 aromatic rings. The molecule has 3 aromatic carbocycles. The maximum Gasteiger partial charge on any atom is 2.00 e. The van der Waals surface area contributed by atoms with E-state index in [1.54, 1.807) is 0 Å². The molecule has 0 aliphatic rings. The van der Waals surface area contributed by atoms with Crippen LogP contribution in [-0.4, -0.2) is 11.0 Å². The van der Waals surface area contributed by atoms with E-state index in [4.69, 9.17) is 0 Å². The van der Waals surface area contributed by atoms with Crippen molar-refractivity contribution in [3.8, 4) is 5.69 Å². The van der Waals surface area contributed by atoms with E-state index in [9.17, 15) is 0 Å². The summed E-state index contributed by atoms with van der Waals surface area (Å²) in [7, 11) is 0. The van der Waals surface area contributed by atoms with Gasteiger partial charge >= 0.3 is 26.2 Å². The van der Waals surface area contributed by atoms with Crippen LogP contribution in [0, 0.1) is 13.8 Å². The molecule has 0 amide bonds. The molecule has 4 rings (SSSR count). The number of benzene rings is 1. The molecule has 0 radical (unpaired) electrons. The minimum atomic E-state index is 0. The number of aromatic nitrogens is 1. The van der Waals surface area contributed by atoms with Crippen molar-refractivity contribution in [1.82, 2.24) is 4.57 Å². The topological polar surface area (TPSA) is 4.93 Å². The molecular weight excluding hydrogens is 393 g/mol. The summed E-state index contributed by atoms with van der Waals surface area (Å²) < 4.78 is 2.15. The second-order valence-corrected chi connectivity index (χ2v) is 5.29. The molecule has 0 unspecified atom stereocenters. The monoisotopic (exact) mass is 413 g/mol. The summed E-state index contributed by atoms with van der Waals surface area (Å²) >= 11 is 4.64. The van der Waals surface area contributed by atoms with Crippen LogP contribution in [0.1, 0.15) is 11.1 Å². The van der Waals surface area contributed by atoms with Gasteiger partial charge in [-0.15, -0.1) is 46.1 Å². The van der Waals surface area contributed by atoms with E-state index in [-0.39, 0.29) is 26.2 Å². The van der Waals surface area contributed by atoms with Crippen LogP contribution in [0.4, 0.5) is 0 Å². The molecule has 0 atom stereocenters. The summed E-state index contributed by atoms with van der Waals surface area (Å²) in [6, 6.07) is 23.0. The summed E-state index contributed by atoms with van der Waals surface area (Å²) in [4.78, 5) is 0. The number of hydrogen-bond donors (Lipinski definition) is 0. The molecule has 0 aliphatic heterocycles. The molecular formula is C21H22ClNZr. The van der Waals surface area contributed by atoms with Crippen molar-refractivity contribution in [3.05, 3.63) is 90.3 Å². The normalized spacial score (nSPS) is 9.33. The quantitative estimate of drug-likeness (QED) is 0.257. The first-order valence-corrected chi connectivity index (χ1v) is 8.36. The first-order chi connectivity index (χ1) is 11.3. The van der Waals surface area contributed by atoms with Gasteiger partial charge < -0.3 is 4.57 Å². The Morgan fingerprint density at radius 2 is 1.46 bits per heavy atom. The summed E-state index contributed by atoms with van der Waals surface area (Å²) in [6.07, 6.45) is 5.64. The Kier molecular flexibility index (Phi) is 9.04. The molecule has 0 fully saturated rings. The molecule has 0 aliphatic carbocycles. The molecule has 3 heteroatoms. The van der Waals surface area contributed by atoms with Gasteiger partial charge in [-0.1, -0.05) is 18.6 Å². The van der Waals surface area contributed by atoms with Crippen LogP contribution in [-0.2, 0) is 26.2 Å².